The number of hydrogen-bond donors (Lipinski definition) is 1. The van der Waals surface area contributed by atoms with Gasteiger partial charge in [-0.1, -0.05) is 34.1 Å². The summed E-state index contributed by atoms with van der Waals surface area (Å²) in [6.45, 7) is 1.66. The normalized spacial score (nSPS) is 10.6. The van der Waals surface area contributed by atoms with Gasteiger partial charge in [-0.05, 0) is 25.1 Å². The number of nitrogens with one attached hydrogen (secondary N) is 1. The van der Waals surface area contributed by atoms with Crippen LogP contribution in [0.3, 0.4) is 0 Å². The Kier molecular flexibility index (Phi) is 5.00. The summed E-state index contributed by atoms with van der Waals surface area (Å²) in [5.41, 5.74) is 3.96. The molecular weight excluding hydrogens is 350 g/mol. The molecule has 0 spiro atoms. The number of hydrogen-bond acceptors (Lipinski definition) is 4. The number of carbonyl (C=O) groups is 1. The first kappa shape index (κ1) is 15.8. The lowest BCUT2D eigenvalue weighted by Crippen LogP contribution is -2.17. The molecule has 0 aromatic heterocycles. The molecule has 0 saturated heterocycles. The molecule has 2 aromatic rings. The lowest BCUT2D eigenvalue weighted by molar-refractivity contribution is -0.385. The number of nitrogens with zero attached hydrogens (tertiary/aromatic N) is 2. The molecule has 0 aliphatic carbocycles. The first-order valence-electron chi connectivity index (χ1n) is 6.31. The highest BCUT2D eigenvalue weighted by Crippen LogP contribution is 2.18. The van der Waals surface area contributed by atoms with Gasteiger partial charge in [0.05, 0.1) is 11.1 Å². The molecule has 0 radical (unpaired) electrons. The Balaban J connectivity index is 2.08. The second-order valence-electron chi connectivity index (χ2n) is 4.51. The lowest BCUT2D eigenvalue weighted by atomic mass is 10.1. The van der Waals surface area contributed by atoms with Crippen LogP contribution in [0.1, 0.15) is 21.5 Å². The molecule has 1 amide bonds. The van der Waals surface area contributed by atoms with Gasteiger partial charge in [-0.25, -0.2) is 5.43 Å². The van der Waals surface area contributed by atoms with Crippen LogP contribution in [0.25, 0.3) is 0 Å². The van der Waals surface area contributed by atoms with Gasteiger partial charge >= 0.3 is 0 Å². The molecule has 6 nitrogen and oxygen atoms in total. The molecular formula is C15H12BrN3O3. The Morgan fingerprint density at radius 1 is 1.32 bits per heavy atom. The smallest absolute Gasteiger partial charge is 0.267 e. The highest BCUT2D eigenvalue weighted by molar-refractivity contribution is 9.10. The highest BCUT2D eigenvalue weighted by Gasteiger charge is 2.10. The Labute approximate surface area is 135 Å². The van der Waals surface area contributed by atoms with Crippen LogP contribution in [0.15, 0.2) is 52.0 Å². The van der Waals surface area contributed by atoms with Gasteiger partial charge < -0.3 is 0 Å². The molecule has 0 bridgehead atoms. The summed E-state index contributed by atoms with van der Waals surface area (Å²) in [6, 6.07) is 11.6. The number of halogens is 1. The molecule has 0 unspecified atom stereocenters. The summed E-state index contributed by atoms with van der Waals surface area (Å²) in [6.07, 6.45) is 1.36. The zero-order chi connectivity index (χ0) is 16.1. The van der Waals surface area contributed by atoms with Crippen LogP contribution in [0.2, 0.25) is 0 Å². The average molecular weight is 362 g/mol. The summed E-state index contributed by atoms with van der Waals surface area (Å²) in [7, 11) is 0. The SMILES string of the molecule is Cc1ccc(/C=N\NC(=O)c2cccc(Br)c2)cc1[N+](=O)[O-]. The van der Waals surface area contributed by atoms with E-state index in [1.807, 2.05) is 6.07 Å². The minimum atomic E-state index is -0.452. The standard InChI is InChI=1S/C15H12BrN3O3/c1-10-5-6-11(7-14(10)19(21)22)9-17-18-15(20)12-3-2-4-13(16)8-12/h2-9H,1H3,(H,18,20)/b17-9-. The largest absolute Gasteiger partial charge is 0.272 e. The molecule has 1 N–H and O–H groups in total. The van der Waals surface area contributed by atoms with Gasteiger partial charge in [-0.3, -0.25) is 14.9 Å². The van der Waals surface area contributed by atoms with Crippen LogP contribution in [0.4, 0.5) is 5.69 Å². The number of amides is 1. The third-order valence-corrected chi connectivity index (χ3v) is 3.39. The van der Waals surface area contributed by atoms with Crippen molar-refractivity contribution in [3.63, 3.8) is 0 Å². The Bertz CT molecular complexity index is 759. The van der Waals surface area contributed by atoms with Gasteiger partial charge in [0.1, 0.15) is 0 Å². The molecule has 112 valence electrons. The fourth-order valence-electron chi connectivity index (χ4n) is 1.76. The van der Waals surface area contributed by atoms with Crippen molar-refractivity contribution >= 4 is 33.7 Å². The van der Waals surface area contributed by atoms with Gasteiger partial charge in [-0.15, -0.1) is 0 Å². The first-order valence-corrected chi connectivity index (χ1v) is 7.10. The molecule has 0 atom stereocenters. The van der Waals surface area contributed by atoms with E-state index in [1.54, 1.807) is 37.3 Å². The van der Waals surface area contributed by atoms with Gasteiger partial charge in [0, 0.05) is 27.2 Å². The molecule has 0 heterocycles. The van der Waals surface area contributed by atoms with Gasteiger partial charge in [0.15, 0.2) is 0 Å². The van der Waals surface area contributed by atoms with Crippen molar-refractivity contribution < 1.29 is 9.72 Å². The topological polar surface area (TPSA) is 84.6 Å². The predicted octanol–water partition coefficient (Wildman–Crippen LogP) is 3.43. The highest BCUT2D eigenvalue weighted by atomic mass is 79.9. The van der Waals surface area contributed by atoms with Crippen LogP contribution >= 0.6 is 15.9 Å². The van der Waals surface area contributed by atoms with E-state index in [-0.39, 0.29) is 11.6 Å². The van der Waals surface area contributed by atoms with Gasteiger partial charge in [0.25, 0.3) is 11.6 Å². The molecule has 0 aliphatic rings. The summed E-state index contributed by atoms with van der Waals surface area (Å²) in [5.74, 6) is -0.362. The van der Waals surface area contributed by atoms with Crippen molar-refractivity contribution in [2.75, 3.05) is 0 Å². The van der Waals surface area contributed by atoms with Crippen molar-refractivity contribution in [3.8, 4) is 0 Å². The van der Waals surface area contributed by atoms with Crippen molar-refractivity contribution in [2.45, 2.75) is 6.92 Å². The van der Waals surface area contributed by atoms with E-state index < -0.39 is 4.92 Å². The van der Waals surface area contributed by atoms with E-state index >= 15 is 0 Å². The van der Waals surface area contributed by atoms with Crippen molar-refractivity contribution in [1.82, 2.24) is 5.43 Å². The summed E-state index contributed by atoms with van der Waals surface area (Å²) in [5, 5.41) is 14.7. The quantitative estimate of drug-likeness (QED) is 0.514. The van der Waals surface area contributed by atoms with Crippen LogP contribution in [0, 0.1) is 17.0 Å². The minimum Gasteiger partial charge on any atom is -0.267 e. The zero-order valence-electron chi connectivity index (χ0n) is 11.6. The third kappa shape index (κ3) is 3.98. The Morgan fingerprint density at radius 2 is 2.09 bits per heavy atom. The fourth-order valence-corrected chi connectivity index (χ4v) is 2.16. The van der Waals surface area contributed by atoms with E-state index in [4.69, 9.17) is 0 Å². The van der Waals surface area contributed by atoms with E-state index in [9.17, 15) is 14.9 Å². The molecule has 0 fully saturated rings. The van der Waals surface area contributed by atoms with Crippen molar-refractivity contribution in [1.29, 1.82) is 0 Å². The number of carbonyl (C=O) groups excluding carboxylic acids is 1. The van der Waals surface area contributed by atoms with Crippen LogP contribution < -0.4 is 5.43 Å². The average Bonchev–Trinajstić information content (AvgIpc) is 2.48. The number of nitro benzene ring substituents is 1. The third-order valence-electron chi connectivity index (χ3n) is 2.90. The molecule has 0 saturated carbocycles. The second kappa shape index (κ2) is 6.95. The Hall–Kier alpha value is -2.54. The number of aryl methyl sites for hydroxylation is 1. The summed E-state index contributed by atoms with van der Waals surface area (Å²) >= 11 is 3.28. The maximum atomic E-state index is 11.9. The molecule has 7 heteroatoms. The van der Waals surface area contributed by atoms with E-state index in [0.717, 1.165) is 4.47 Å². The van der Waals surface area contributed by atoms with E-state index in [1.165, 1.54) is 12.3 Å². The van der Waals surface area contributed by atoms with Gasteiger partial charge in [-0.2, -0.15) is 5.10 Å². The maximum absolute atomic E-state index is 11.9. The number of hydrazone groups is 1. The minimum absolute atomic E-state index is 0.0160. The fraction of sp³-hybridized carbons (Fsp3) is 0.0667. The van der Waals surface area contributed by atoms with Crippen molar-refractivity contribution in [2.24, 2.45) is 5.10 Å². The van der Waals surface area contributed by atoms with Crippen LogP contribution in [0.5, 0.6) is 0 Å². The molecule has 2 rings (SSSR count). The summed E-state index contributed by atoms with van der Waals surface area (Å²) in [4.78, 5) is 22.3. The van der Waals surface area contributed by atoms with Crippen molar-refractivity contribution in [3.05, 3.63) is 73.7 Å². The van der Waals surface area contributed by atoms with Gasteiger partial charge in [0.2, 0.25) is 0 Å². The van der Waals surface area contributed by atoms with E-state index in [2.05, 4.69) is 26.5 Å². The number of rotatable bonds is 4. The van der Waals surface area contributed by atoms with Crippen LogP contribution in [-0.2, 0) is 0 Å². The summed E-state index contributed by atoms with van der Waals surface area (Å²) < 4.78 is 0.790. The number of benzene rings is 2. The lowest BCUT2D eigenvalue weighted by Gasteiger charge is -2.01. The second-order valence-corrected chi connectivity index (χ2v) is 5.43. The molecule has 2 aromatic carbocycles. The van der Waals surface area contributed by atoms with E-state index in [0.29, 0.717) is 16.7 Å². The first-order chi connectivity index (χ1) is 10.5. The zero-order valence-corrected chi connectivity index (χ0v) is 13.2. The number of nitro groups is 1. The molecule has 0 aliphatic heterocycles. The maximum Gasteiger partial charge on any atom is 0.272 e. The predicted molar refractivity (Wildman–Crippen MR) is 87.0 cm³/mol. The monoisotopic (exact) mass is 361 g/mol. The van der Waals surface area contributed by atoms with Crippen LogP contribution in [-0.4, -0.2) is 17.0 Å². The Morgan fingerprint density at radius 3 is 2.77 bits per heavy atom. The molecule has 22 heavy (non-hydrogen) atoms.